The maximum absolute atomic E-state index is 6.49. The molecule has 0 saturated carbocycles. The second kappa shape index (κ2) is 13.3. The largest absolute Gasteiger partial charge is 2.00 e. The minimum atomic E-state index is -0.147. The molecule has 0 bridgehead atoms. The first-order valence-electron chi connectivity index (χ1n) is 16.5. The van der Waals surface area contributed by atoms with Crippen molar-refractivity contribution in [1.29, 1.82) is 0 Å². The minimum absolute atomic E-state index is 0. The van der Waals surface area contributed by atoms with Gasteiger partial charge in [-0.15, -0.1) is 35.4 Å². The van der Waals surface area contributed by atoms with E-state index in [1.165, 1.54) is 27.8 Å². The molecule has 3 aromatic carbocycles. The van der Waals surface area contributed by atoms with Gasteiger partial charge in [-0.25, -0.2) is 9.97 Å². The normalized spacial score (nSPS) is 14.6. The molecule has 2 aromatic heterocycles. The average molecular weight is 802 g/mol. The summed E-state index contributed by atoms with van der Waals surface area (Å²) in [6.45, 7) is 13.1. The Morgan fingerprint density at radius 3 is 1.66 bits per heavy atom. The molecule has 6 heteroatoms. The van der Waals surface area contributed by atoms with Gasteiger partial charge in [0.05, 0.1) is 0 Å². The fourth-order valence-corrected chi connectivity index (χ4v) is 6.66. The van der Waals surface area contributed by atoms with Crippen molar-refractivity contribution in [3.05, 3.63) is 131 Å². The number of ether oxygens (including phenoxy) is 1. The van der Waals surface area contributed by atoms with Crippen LogP contribution in [0, 0.1) is 12.1 Å². The van der Waals surface area contributed by atoms with E-state index in [2.05, 4.69) is 123 Å². The molecule has 0 unspecified atom stereocenters. The van der Waals surface area contributed by atoms with Gasteiger partial charge in [0, 0.05) is 42.4 Å². The summed E-state index contributed by atoms with van der Waals surface area (Å²) >= 11 is 0. The Labute approximate surface area is 294 Å². The van der Waals surface area contributed by atoms with Gasteiger partial charge in [-0.3, -0.25) is 0 Å². The van der Waals surface area contributed by atoms with Crippen molar-refractivity contribution in [3.63, 3.8) is 0 Å². The molecule has 0 radical (unpaired) electrons. The van der Waals surface area contributed by atoms with E-state index in [-0.39, 0.29) is 31.9 Å². The first-order chi connectivity index (χ1) is 22.2. The third kappa shape index (κ3) is 6.74. The molecule has 2 aliphatic rings. The van der Waals surface area contributed by atoms with E-state index in [1.54, 1.807) is 0 Å². The van der Waals surface area contributed by atoms with Crippen LogP contribution in [0.4, 0.5) is 23.0 Å². The topological polar surface area (TPSA) is 41.5 Å². The number of nitrogens with zero attached hydrogens (tertiary/aromatic N) is 4. The van der Waals surface area contributed by atoms with Gasteiger partial charge in [0.25, 0.3) is 0 Å². The van der Waals surface area contributed by atoms with Crippen LogP contribution in [0.1, 0.15) is 75.3 Å². The fourth-order valence-electron chi connectivity index (χ4n) is 6.66. The number of hydrogen-bond donors (Lipinski definition) is 0. The van der Waals surface area contributed by atoms with Crippen molar-refractivity contribution < 1.29 is 25.8 Å². The van der Waals surface area contributed by atoms with Crippen molar-refractivity contribution in [2.24, 2.45) is 0 Å². The SMILES string of the molecule is CC(C)(C)c1ccnc(N2CCCc3ccc(Oc4[c-]c5c(cc4)CCCN5c4cc(C(C)(C)c5ccccc5)ccn4)[c-]c32)c1.[Pt+2]. The average Bonchev–Trinajstić information content (AvgIpc) is 3.08. The molecule has 4 heterocycles. The predicted molar refractivity (Wildman–Crippen MR) is 187 cm³/mol. The first-order valence-corrected chi connectivity index (χ1v) is 16.5. The molecular weight excluding hydrogens is 760 g/mol. The second-order valence-corrected chi connectivity index (χ2v) is 14.1. The van der Waals surface area contributed by atoms with Gasteiger partial charge in [-0.05, 0) is 59.2 Å². The maximum atomic E-state index is 6.49. The van der Waals surface area contributed by atoms with Crippen molar-refractivity contribution in [3.8, 4) is 11.5 Å². The number of anilines is 4. The van der Waals surface area contributed by atoms with Gasteiger partial charge in [0.2, 0.25) is 0 Å². The van der Waals surface area contributed by atoms with Gasteiger partial charge in [0.1, 0.15) is 11.6 Å². The Balaban J connectivity index is 0.00000386. The molecule has 5 aromatic rings. The van der Waals surface area contributed by atoms with Crippen molar-refractivity contribution in [2.75, 3.05) is 22.9 Å². The number of aromatic nitrogens is 2. The van der Waals surface area contributed by atoms with E-state index in [1.807, 2.05) is 24.5 Å². The number of fused-ring (bicyclic) bond motifs is 2. The van der Waals surface area contributed by atoms with Crippen LogP contribution >= 0.6 is 0 Å². The Morgan fingerprint density at radius 1 is 0.617 bits per heavy atom. The maximum Gasteiger partial charge on any atom is 2.00 e. The van der Waals surface area contributed by atoms with E-state index in [0.717, 1.165) is 61.8 Å². The molecule has 0 aliphatic carbocycles. The quantitative estimate of drug-likeness (QED) is 0.160. The van der Waals surface area contributed by atoms with Crippen LogP contribution in [0.2, 0.25) is 0 Å². The molecular formula is C41H42N4OPt. The van der Waals surface area contributed by atoms with Gasteiger partial charge in [-0.2, -0.15) is 12.1 Å². The summed E-state index contributed by atoms with van der Waals surface area (Å²) in [6, 6.07) is 35.0. The monoisotopic (exact) mass is 801 g/mol. The third-order valence-electron chi connectivity index (χ3n) is 9.51. The molecule has 5 nitrogen and oxygen atoms in total. The van der Waals surface area contributed by atoms with E-state index < -0.39 is 0 Å². The molecule has 0 amide bonds. The third-order valence-corrected chi connectivity index (χ3v) is 9.51. The fraction of sp³-hybridized carbons (Fsp3) is 0.317. The standard InChI is InChI=1S/C41H42N4O.Pt/c1-40(2,3)32-19-21-42-38(25-32)44-23-9-11-29-15-17-34(27-36(29)44)46-35-18-16-30-12-10-24-45(37(30)28-35)39-26-33(20-22-43-39)41(4,5)31-13-7-6-8-14-31;/h6-8,13-22,25-26H,9-12,23-24H2,1-5H3;/q-2;+2. The Hall–Kier alpha value is -3.95. The van der Waals surface area contributed by atoms with Crippen LogP contribution in [0.25, 0.3) is 0 Å². The smallest absolute Gasteiger partial charge is 0.509 e. The predicted octanol–water partition coefficient (Wildman–Crippen LogP) is 9.66. The van der Waals surface area contributed by atoms with Gasteiger partial charge in [-0.1, -0.05) is 89.2 Å². The van der Waals surface area contributed by atoms with Crippen LogP contribution in [0.3, 0.4) is 0 Å². The zero-order valence-electron chi connectivity index (χ0n) is 27.9. The van der Waals surface area contributed by atoms with Crippen LogP contribution in [-0.2, 0) is 44.7 Å². The number of hydrogen-bond acceptors (Lipinski definition) is 5. The zero-order chi connectivity index (χ0) is 31.9. The molecule has 7 rings (SSSR count). The summed E-state index contributed by atoms with van der Waals surface area (Å²) in [4.78, 5) is 14.2. The van der Waals surface area contributed by atoms with Crippen LogP contribution < -0.4 is 14.5 Å². The first kappa shape index (κ1) is 33.0. The summed E-state index contributed by atoms with van der Waals surface area (Å²) in [5, 5.41) is 0. The van der Waals surface area contributed by atoms with Crippen molar-refractivity contribution in [1.82, 2.24) is 9.97 Å². The molecule has 0 fully saturated rings. The van der Waals surface area contributed by atoms with Crippen molar-refractivity contribution in [2.45, 2.75) is 71.1 Å². The molecule has 242 valence electrons. The van der Waals surface area contributed by atoms with Gasteiger partial charge < -0.3 is 14.5 Å². The summed E-state index contributed by atoms with van der Waals surface area (Å²) in [5.74, 6) is 3.26. The molecule has 0 spiro atoms. The number of rotatable bonds is 6. The van der Waals surface area contributed by atoms with Crippen molar-refractivity contribution >= 4 is 23.0 Å². The Morgan fingerprint density at radius 2 is 1.13 bits per heavy atom. The Kier molecular flexibility index (Phi) is 9.31. The minimum Gasteiger partial charge on any atom is -0.509 e. The van der Waals surface area contributed by atoms with Gasteiger partial charge >= 0.3 is 21.1 Å². The summed E-state index contributed by atoms with van der Waals surface area (Å²) < 4.78 is 6.49. The molecule has 0 N–H and O–H groups in total. The summed E-state index contributed by atoms with van der Waals surface area (Å²) in [7, 11) is 0. The second-order valence-electron chi connectivity index (χ2n) is 14.1. The van der Waals surface area contributed by atoms with E-state index >= 15 is 0 Å². The summed E-state index contributed by atoms with van der Waals surface area (Å²) in [5.41, 5.74) is 8.31. The number of aryl methyl sites for hydroxylation is 2. The van der Waals surface area contributed by atoms with Crippen LogP contribution in [-0.4, -0.2) is 23.1 Å². The number of pyridine rings is 2. The van der Waals surface area contributed by atoms with E-state index in [9.17, 15) is 0 Å². The van der Waals surface area contributed by atoms with E-state index in [0.29, 0.717) is 11.5 Å². The molecule has 47 heavy (non-hydrogen) atoms. The molecule has 0 saturated heterocycles. The van der Waals surface area contributed by atoms with Gasteiger partial charge in [0.15, 0.2) is 0 Å². The zero-order valence-corrected chi connectivity index (χ0v) is 30.2. The number of benzene rings is 3. The molecule has 2 aliphatic heterocycles. The van der Waals surface area contributed by atoms with Crippen LogP contribution in [0.5, 0.6) is 11.5 Å². The summed E-state index contributed by atoms with van der Waals surface area (Å²) in [6.07, 6.45) is 8.03. The van der Waals surface area contributed by atoms with E-state index in [4.69, 9.17) is 14.7 Å². The van der Waals surface area contributed by atoms with Crippen LogP contribution in [0.15, 0.2) is 91.3 Å². The Bertz CT molecular complexity index is 1860. The molecule has 0 atom stereocenters.